The zero-order chi connectivity index (χ0) is 15.3. The summed E-state index contributed by atoms with van der Waals surface area (Å²) in [5.74, 6) is 0.854. The maximum Gasteiger partial charge on any atom is 0.213 e. The molecular formula is C15H24N2O3S. The van der Waals surface area contributed by atoms with Gasteiger partial charge in [-0.1, -0.05) is 13.0 Å². The summed E-state index contributed by atoms with van der Waals surface area (Å²) in [5, 5.41) is 0. The van der Waals surface area contributed by atoms with Gasteiger partial charge in [0.15, 0.2) is 0 Å². The molecule has 1 heterocycles. The molecule has 1 N–H and O–H groups in total. The van der Waals surface area contributed by atoms with Gasteiger partial charge < -0.3 is 4.74 Å². The van der Waals surface area contributed by atoms with E-state index < -0.39 is 10.0 Å². The highest BCUT2D eigenvalue weighted by molar-refractivity contribution is 7.89. The summed E-state index contributed by atoms with van der Waals surface area (Å²) in [5.41, 5.74) is 1.11. The average molecular weight is 312 g/mol. The zero-order valence-corrected chi connectivity index (χ0v) is 13.5. The first kappa shape index (κ1) is 16.2. The van der Waals surface area contributed by atoms with E-state index in [0.717, 1.165) is 31.2 Å². The van der Waals surface area contributed by atoms with Crippen LogP contribution in [0.4, 0.5) is 0 Å². The Hall–Kier alpha value is -1.14. The van der Waals surface area contributed by atoms with Crippen LogP contribution in [0, 0.1) is 6.92 Å². The van der Waals surface area contributed by atoms with Crippen molar-refractivity contribution in [3.05, 3.63) is 23.9 Å². The normalized spacial score (nSPS) is 23.0. The van der Waals surface area contributed by atoms with Crippen LogP contribution in [0.2, 0.25) is 0 Å². The minimum Gasteiger partial charge on any atom is -0.474 e. The van der Waals surface area contributed by atoms with Crippen molar-refractivity contribution in [1.29, 1.82) is 0 Å². The van der Waals surface area contributed by atoms with Crippen LogP contribution in [0.15, 0.2) is 18.3 Å². The Labute approximate surface area is 127 Å². The van der Waals surface area contributed by atoms with Gasteiger partial charge in [0.1, 0.15) is 6.10 Å². The maximum absolute atomic E-state index is 11.8. The zero-order valence-electron chi connectivity index (χ0n) is 12.7. The summed E-state index contributed by atoms with van der Waals surface area (Å²) >= 11 is 0. The van der Waals surface area contributed by atoms with Crippen molar-refractivity contribution in [3.8, 4) is 5.88 Å². The minimum absolute atomic E-state index is 0.0485. The Balaban J connectivity index is 1.79. The lowest BCUT2D eigenvalue weighted by Gasteiger charge is -2.29. The van der Waals surface area contributed by atoms with Gasteiger partial charge in [-0.3, -0.25) is 0 Å². The van der Waals surface area contributed by atoms with Gasteiger partial charge in [0, 0.05) is 18.3 Å². The molecule has 0 unspecified atom stereocenters. The molecule has 1 aromatic rings. The van der Waals surface area contributed by atoms with Gasteiger partial charge in [-0.15, -0.1) is 0 Å². The number of pyridine rings is 1. The number of hydrogen-bond donors (Lipinski definition) is 1. The van der Waals surface area contributed by atoms with Crippen LogP contribution < -0.4 is 9.46 Å². The fourth-order valence-corrected chi connectivity index (χ4v) is 3.97. The highest BCUT2D eigenvalue weighted by Gasteiger charge is 2.25. The number of sulfonamides is 1. The Bertz CT molecular complexity index is 535. The van der Waals surface area contributed by atoms with Crippen LogP contribution in [0.25, 0.3) is 0 Å². The molecule has 0 amide bonds. The molecule has 21 heavy (non-hydrogen) atoms. The average Bonchev–Trinajstić information content (AvgIpc) is 2.43. The van der Waals surface area contributed by atoms with Gasteiger partial charge in [-0.05, 0) is 44.6 Å². The molecule has 6 heteroatoms. The van der Waals surface area contributed by atoms with Gasteiger partial charge in [0.25, 0.3) is 0 Å². The van der Waals surface area contributed by atoms with Crippen LogP contribution in [0.3, 0.4) is 0 Å². The smallest absolute Gasteiger partial charge is 0.213 e. The largest absolute Gasteiger partial charge is 0.474 e. The second-order valence-corrected chi connectivity index (χ2v) is 7.58. The second-order valence-electron chi connectivity index (χ2n) is 5.70. The third-order valence-electron chi connectivity index (χ3n) is 3.66. The number of rotatable bonds is 6. The summed E-state index contributed by atoms with van der Waals surface area (Å²) < 4.78 is 32.1. The van der Waals surface area contributed by atoms with Crippen LogP contribution in [-0.2, 0) is 10.0 Å². The third kappa shape index (κ3) is 5.28. The highest BCUT2D eigenvalue weighted by Crippen LogP contribution is 2.23. The lowest BCUT2D eigenvalue weighted by atomic mass is 9.94. The Morgan fingerprint density at radius 2 is 2.00 bits per heavy atom. The molecule has 1 saturated carbocycles. The van der Waals surface area contributed by atoms with Crippen molar-refractivity contribution in [1.82, 2.24) is 9.71 Å². The van der Waals surface area contributed by atoms with E-state index >= 15 is 0 Å². The molecule has 1 fully saturated rings. The van der Waals surface area contributed by atoms with Crippen molar-refractivity contribution in [3.63, 3.8) is 0 Å². The number of ether oxygens (including phenoxy) is 1. The van der Waals surface area contributed by atoms with E-state index in [4.69, 9.17) is 4.74 Å². The van der Waals surface area contributed by atoms with Gasteiger partial charge >= 0.3 is 0 Å². The molecule has 1 aliphatic carbocycles. The van der Waals surface area contributed by atoms with Crippen molar-refractivity contribution in [2.75, 3.05) is 5.75 Å². The van der Waals surface area contributed by atoms with Crippen molar-refractivity contribution < 1.29 is 13.2 Å². The molecular weight excluding hydrogens is 288 g/mol. The van der Waals surface area contributed by atoms with E-state index in [-0.39, 0.29) is 17.9 Å². The van der Waals surface area contributed by atoms with Crippen LogP contribution in [0.5, 0.6) is 5.88 Å². The van der Waals surface area contributed by atoms with E-state index in [2.05, 4.69) is 9.71 Å². The van der Waals surface area contributed by atoms with E-state index in [9.17, 15) is 8.42 Å². The number of aryl methyl sites for hydroxylation is 1. The topological polar surface area (TPSA) is 68.3 Å². The number of aromatic nitrogens is 1. The minimum atomic E-state index is -3.12. The molecule has 0 atom stereocenters. The monoisotopic (exact) mass is 312 g/mol. The predicted molar refractivity (Wildman–Crippen MR) is 82.9 cm³/mol. The summed E-state index contributed by atoms with van der Waals surface area (Å²) in [7, 11) is -3.12. The molecule has 1 aromatic heterocycles. The fourth-order valence-electron chi connectivity index (χ4n) is 2.57. The quantitative estimate of drug-likeness (QED) is 0.876. The molecule has 2 rings (SSSR count). The number of hydrogen-bond acceptors (Lipinski definition) is 4. The maximum atomic E-state index is 11.8. The van der Waals surface area contributed by atoms with Crippen LogP contribution >= 0.6 is 0 Å². The van der Waals surface area contributed by atoms with E-state index in [1.807, 2.05) is 26.0 Å². The Kier molecular flexibility index (Phi) is 5.58. The standard InChI is InChI=1S/C15H24N2O3S/c1-3-10-21(18,19)17-13-5-7-14(8-6-13)20-15-9-4-12(2)11-16-15/h4,9,11,13-14,17H,3,5-8,10H2,1-2H3. The third-order valence-corrected chi connectivity index (χ3v) is 5.30. The fraction of sp³-hybridized carbons (Fsp3) is 0.667. The van der Waals surface area contributed by atoms with Gasteiger partial charge in [0.2, 0.25) is 15.9 Å². The van der Waals surface area contributed by atoms with Gasteiger partial charge in [-0.2, -0.15) is 0 Å². The first-order valence-corrected chi connectivity index (χ1v) is 9.23. The molecule has 1 aliphatic rings. The van der Waals surface area contributed by atoms with Gasteiger partial charge in [0.05, 0.1) is 5.75 Å². The van der Waals surface area contributed by atoms with E-state index in [1.165, 1.54) is 0 Å². The summed E-state index contributed by atoms with van der Waals surface area (Å²) in [6.07, 6.45) is 5.92. The molecule has 0 aromatic carbocycles. The highest BCUT2D eigenvalue weighted by atomic mass is 32.2. The Morgan fingerprint density at radius 1 is 1.29 bits per heavy atom. The second kappa shape index (κ2) is 7.22. The summed E-state index contributed by atoms with van der Waals surface area (Å²) in [4.78, 5) is 4.24. The van der Waals surface area contributed by atoms with Crippen molar-refractivity contribution in [2.24, 2.45) is 0 Å². The number of nitrogens with zero attached hydrogens (tertiary/aromatic N) is 1. The lowest BCUT2D eigenvalue weighted by molar-refractivity contribution is 0.138. The molecule has 118 valence electrons. The molecule has 0 aliphatic heterocycles. The Morgan fingerprint density at radius 3 is 2.57 bits per heavy atom. The first-order valence-electron chi connectivity index (χ1n) is 7.58. The molecule has 0 spiro atoms. The number of nitrogens with one attached hydrogen (secondary N) is 1. The van der Waals surface area contributed by atoms with E-state index in [0.29, 0.717) is 12.3 Å². The molecule has 0 saturated heterocycles. The SMILES string of the molecule is CCCS(=O)(=O)NC1CCC(Oc2ccc(C)cn2)CC1. The predicted octanol–water partition coefficient (Wildman–Crippen LogP) is 2.41. The lowest BCUT2D eigenvalue weighted by Crippen LogP contribution is -2.40. The van der Waals surface area contributed by atoms with Crippen molar-refractivity contribution >= 4 is 10.0 Å². The molecule has 0 radical (unpaired) electrons. The molecule has 5 nitrogen and oxygen atoms in total. The first-order chi connectivity index (χ1) is 9.98. The summed E-state index contributed by atoms with van der Waals surface area (Å²) in [6, 6.07) is 3.91. The van der Waals surface area contributed by atoms with Crippen molar-refractivity contribution in [2.45, 2.75) is 58.1 Å². The van der Waals surface area contributed by atoms with Crippen LogP contribution in [0.1, 0.15) is 44.6 Å². The van der Waals surface area contributed by atoms with Gasteiger partial charge in [-0.25, -0.2) is 18.1 Å². The summed E-state index contributed by atoms with van der Waals surface area (Å²) in [6.45, 7) is 3.86. The molecule has 0 bridgehead atoms. The van der Waals surface area contributed by atoms with E-state index in [1.54, 1.807) is 6.20 Å². The van der Waals surface area contributed by atoms with Crippen LogP contribution in [-0.4, -0.2) is 31.3 Å².